The maximum atomic E-state index is 5.61. The molecular weight excluding hydrogens is 186 g/mol. The Morgan fingerprint density at radius 2 is 2.00 bits per heavy atom. The van der Waals surface area contributed by atoms with Crippen molar-refractivity contribution in [1.82, 2.24) is 5.32 Å². The van der Waals surface area contributed by atoms with Gasteiger partial charge >= 0.3 is 0 Å². The van der Waals surface area contributed by atoms with Gasteiger partial charge in [0.25, 0.3) is 0 Å². The zero-order valence-corrected chi connectivity index (χ0v) is 10.4. The van der Waals surface area contributed by atoms with Crippen LogP contribution < -0.4 is 5.32 Å². The highest BCUT2D eigenvalue weighted by atomic mass is 16.5. The minimum Gasteiger partial charge on any atom is -0.378 e. The third-order valence-corrected chi connectivity index (χ3v) is 3.20. The molecule has 0 spiro atoms. The Hall–Kier alpha value is -0.0800. The van der Waals surface area contributed by atoms with Crippen molar-refractivity contribution in [2.75, 3.05) is 13.2 Å². The van der Waals surface area contributed by atoms with Crippen molar-refractivity contribution < 1.29 is 4.74 Å². The van der Waals surface area contributed by atoms with Crippen molar-refractivity contribution in [1.29, 1.82) is 0 Å². The summed E-state index contributed by atoms with van der Waals surface area (Å²) in [6.07, 6.45) is 9.49. The molecule has 1 heterocycles. The van der Waals surface area contributed by atoms with E-state index in [1.165, 1.54) is 44.9 Å². The van der Waals surface area contributed by atoms with Crippen LogP contribution in [-0.2, 0) is 4.74 Å². The van der Waals surface area contributed by atoms with Crippen LogP contribution in [-0.4, -0.2) is 25.3 Å². The number of ether oxygens (including phenoxy) is 1. The molecular formula is C13H27NO. The maximum absolute atomic E-state index is 5.61. The predicted octanol–water partition coefficient (Wildman–Crippen LogP) is 3.11. The summed E-state index contributed by atoms with van der Waals surface area (Å²) < 4.78 is 5.61. The van der Waals surface area contributed by atoms with Crippen LogP contribution in [0.15, 0.2) is 0 Å². The molecule has 2 nitrogen and oxygen atoms in total. The smallest absolute Gasteiger partial charge is 0.0588 e. The van der Waals surface area contributed by atoms with Gasteiger partial charge in [-0.05, 0) is 38.6 Å². The van der Waals surface area contributed by atoms with Gasteiger partial charge in [-0.2, -0.15) is 0 Å². The van der Waals surface area contributed by atoms with E-state index in [2.05, 4.69) is 19.2 Å². The highest BCUT2D eigenvalue weighted by Crippen LogP contribution is 2.14. The zero-order valence-electron chi connectivity index (χ0n) is 10.4. The van der Waals surface area contributed by atoms with E-state index in [0.29, 0.717) is 6.10 Å². The van der Waals surface area contributed by atoms with Gasteiger partial charge in [-0.3, -0.25) is 0 Å². The van der Waals surface area contributed by atoms with Crippen LogP contribution in [0.3, 0.4) is 0 Å². The Balaban J connectivity index is 2.04. The Bertz CT molecular complexity index is 137. The first-order chi connectivity index (χ1) is 7.36. The second-order valence-corrected chi connectivity index (χ2v) is 4.65. The lowest BCUT2D eigenvalue weighted by atomic mass is 10.1. The van der Waals surface area contributed by atoms with Gasteiger partial charge in [-0.15, -0.1) is 0 Å². The quantitative estimate of drug-likeness (QED) is 0.669. The summed E-state index contributed by atoms with van der Waals surface area (Å²) in [6, 6.07) is 0.737. The molecule has 90 valence electrons. The molecule has 0 aliphatic carbocycles. The van der Waals surface area contributed by atoms with Crippen molar-refractivity contribution >= 4 is 0 Å². The second kappa shape index (κ2) is 8.12. The van der Waals surface area contributed by atoms with E-state index in [0.717, 1.165) is 19.2 Å². The van der Waals surface area contributed by atoms with Gasteiger partial charge in [0.05, 0.1) is 6.10 Å². The van der Waals surface area contributed by atoms with E-state index in [1.54, 1.807) is 0 Å². The SMILES string of the molecule is CCCC(CCC)NCCC1CCCO1. The van der Waals surface area contributed by atoms with E-state index in [9.17, 15) is 0 Å². The van der Waals surface area contributed by atoms with Gasteiger partial charge in [-0.1, -0.05) is 26.7 Å². The molecule has 1 N–H and O–H groups in total. The highest BCUT2D eigenvalue weighted by Gasteiger charge is 2.15. The molecule has 1 atom stereocenters. The van der Waals surface area contributed by atoms with E-state index in [4.69, 9.17) is 4.74 Å². The second-order valence-electron chi connectivity index (χ2n) is 4.65. The lowest BCUT2D eigenvalue weighted by Gasteiger charge is -2.18. The van der Waals surface area contributed by atoms with Gasteiger partial charge in [0.1, 0.15) is 0 Å². The van der Waals surface area contributed by atoms with Crippen molar-refractivity contribution in [3.63, 3.8) is 0 Å². The first-order valence-corrected chi connectivity index (χ1v) is 6.71. The van der Waals surface area contributed by atoms with E-state index < -0.39 is 0 Å². The standard InChI is InChI=1S/C13H27NO/c1-3-6-12(7-4-2)14-10-9-13-8-5-11-15-13/h12-14H,3-11H2,1-2H3. The van der Waals surface area contributed by atoms with Gasteiger partial charge in [0.2, 0.25) is 0 Å². The van der Waals surface area contributed by atoms with Crippen molar-refractivity contribution in [3.05, 3.63) is 0 Å². The summed E-state index contributed by atoms with van der Waals surface area (Å²) in [5, 5.41) is 3.67. The van der Waals surface area contributed by atoms with Crippen molar-refractivity contribution in [2.24, 2.45) is 0 Å². The largest absolute Gasteiger partial charge is 0.378 e. The van der Waals surface area contributed by atoms with Crippen LogP contribution in [0.1, 0.15) is 58.8 Å². The van der Waals surface area contributed by atoms with Gasteiger partial charge < -0.3 is 10.1 Å². The molecule has 1 aliphatic rings. The van der Waals surface area contributed by atoms with E-state index in [1.807, 2.05) is 0 Å². The van der Waals surface area contributed by atoms with Crippen molar-refractivity contribution in [2.45, 2.75) is 70.9 Å². The number of nitrogens with one attached hydrogen (secondary N) is 1. The normalized spacial score (nSPS) is 21.4. The Kier molecular flexibility index (Phi) is 7.03. The first-order valence-electron chi connectivity index (χ1n) is 6.71. The van der Waals surface area contributed by atoms with Gasteiger partial charge in [0, 0.05) is 12.6 Å². The lowest BCUT2D eigenvalue weighted by molar-refractivity contribution is 0.103. The summed E-state index contributed by atoms with van der Waals surface area (Å²) in [5.41, 5.74) is 0. The van der Waals surface area contributed by atoms with Crippen LogP contribution in [0.2, 0.25) is 0 Å². The maximum Gasteiger partial charge on any atom is 0.0588 e. The van der Waals surface area contributed by atoms with Gasteiger partial charge in [-0.25, -0.2) is 0 Å². The van der Waals surface area contributed by atoms with Crippen LogP contribution in [0.5, 0.6) is 0 Å². The number of rotatable bonds is 8. The fourth-order valence-corrected chi connectivity index (χ4v) is 2.37. The molecule has 15 heavy (non-hydrogen) atoms. The van der Waals surface area contributed by atoms with Crippen LogP contribution in [0, 0.1) is 0 Å². The van der Waals surface area contributed by atoms with Crippen LogP contribution in [0.25, 0.3) is 0 Å². The molecule has 2 heteroatoms. The molecule has 1 rings (SSSR count). The minimum atomic E-state index is 0.543. The van der Waals surface area contributed by atoms with Crippen LogP contribution in [0.4, 0.5) is 0 Å². The highest BCUT2D eigenvalue weighted by molar-refractivity contribution is 4.70. The van der Waals surface area contributed by atoms with Crippen LogP contribution >= 0.6 is 0 Å². The average Bonchev–Trinajstić information content (AvgIpc) is 2.71. The minimum absolute atomic E-state index is 0.543. The van der Waals surface area contributed by atoms with Gasteiger partial charge in [0.15, 0.2) is 0 Å². The molecule has 0 bridgehead atoms. The Labute approximate surface area is 94.8 Å². The third-order valence-electron chi connectivity index (χ3n) is 3.20. The molecule has 0 radical (unpaired) electrons. The molecule has 0 saturated carbocycles. The van der Waals surface area contributed by atoms with Crippen molar-refractivity contribution in [3.8, 4) is 0 Å². The Morgan fingerprint density at radius 1 is 1.27 bits per heavy atom. The molecule has 1 fully saturated rings. The molecule has 1 unspecified atom stereocenters. The summed E-state index contributed by atoms with van der Waals surface area (Å²) in [6.45, 7) is 6.65. The number of hydrogen-bond acceptors (Lipinski definition) is 2. The first kappa shape index (κ1) is 13.0. The predicted molar refractivity (Wildman–Crippen MR) is 65.2 cm³/mol. The summed E-state index contributed by atoms with van der Waals surface area (Å²) in [7, 11) is 0. The fourth-order valence-electron chi connectivity index (χ4n) is 2.37. The topological polar surface area (TPSA) is 21.3 Å². The zero-order chi connectivity index (χ0) is 10.9. The molecule has 1 saturated heterocycles. The molecule has 0 aromatic rings. The summed E-state index contributed by atoms with van der Waals surface area (Å²) in [5.74, 6) is 0. The number of hydrogen-bond donors (Lipinski definition) is 1. The summed E-state index contributed by atoms with van der Waals surface area (Å²) >= 11 is 0. The lowest BCUT2D eigenvalue weighted by Crippen LogP contribution is -2.31. The average molecular weight is 213 g/mol. The third kappa shape index (κ3) is 5.53. The molecule has 0 aromatic carbocycles. The van der Waals surface area contributed by atoms with E-state index >= 15 is 0 Å². The monoisotopic (exact) mass is 213 g/mol. The molecule has 1 aliphatic heterocycles. The summed E-state index contributed by atoms with van der Waals surface area (Å²) in [4.78, 5) is 0. The van der Waals surface area contributed by atoms with E-state index in [-0.39, 0.29) is 0 Å². The molecule has 0 aromatic heterocycles. The Morgan fingerprint density at radius 3 is 2.53 bits per heavy atom. The molecule has 0 amide bonds. The fraction of sp³-hybridized carbons (Fsp3) is 1.00.